The molecule has 2 rings (SSSR count). The molecule has 1 heterocycles. The molecular weight excluding hydrogens is 210 g/mol. The Kier molecular flexibility index (Phi) is 3.70. The van der Waals surface area contributed by atoms with Gasteiger partial charge in [-0.05, 0) is 38.2 Å². The standard InChI is InChI=1S/C15H23NO/c1-4-11(2)10-12(3)16-9-8-13-14(16)6-5-7-15(13)17/h8-9,11-12H,4-7,10H2,1-3H3. The van der Waals surface area contributed by atoms with Gasteiger partial charge in [-0.15, -0.1) is 0 Å². The van der Waals surface area contributed by atoms with Crippen molar-refractivity contribution in [3.63, 3.8) is 0 Å². The molecule has 0 spiro atoms. The lowest BCUT2D eigenvalue weighted by molar-refractivity contribution is 0.0971. The van der Waals surface area contributed by atoms with E-state index in [1.807, 2.05) is 6.07 Å². The lowest BCUT2D eigenvalue weighted by Gasteiger charge is -2.22. The number of Topliss-reactive ketones (excluding diaryl/α,β-unsaturated/α-hetero) is 1. The number of nitrogens with zero attached hydrogens (tertiary/aromatic N) is 1. The summed E-state index contributed by atoms with van der Waals surface area (Å²) in [6, 6.07) is 2.53. The van der Waals surface area contributed by atoms with Crippen LogP contribution >= 0.6 is 0 Å². The highest BCUT2D eigenvalue weighted by Gasteiger charge is 2.22. The van der Waals surface area contributed by atoms with Crippen LogP contribution < -0.4 is 0 Å². The third-order valence-corrected chi connectivity index (χ3v) is 4.06. The highest BCUT2D eigenvalue weighted by Crippen LogP contribution is 2.28. The summed E-state index contributed by atoms with van der Waals surface area (Å²) in [7, 11) is 0. The minimum absolute atomic E-state index is 0.334. The Balaban J connectivity index is 2.19. The first-order chi connectivity index (χ1) is 8.13. The number of fused-ring (bicyclic) bond motifs is 1. The van der Waals surface area contributed by atoms with Gasteiger partial charge in [0.2, 0.25) is 0 Å². The van der Waals surface area contributed by atoms with Gasteiger partial charge in [0.15, 0.2) is 5.78 Å². The maximum atomic E-state index is 11.8. The molecular formula is C15H23NO. The second-order valence-corrected chi connectivity index (χ2v) is 5.46. The lowest BCUT2D eigenvalue weighted by atomic mass is 9.95. The van der Waals surface area contributed by atoms with Gasteiger partial charge < -0.3 is 4.57 Å². The largest absolute Gasteiger partial charge is 0.348 e. The number of carbonyl (C=O) groups excluding carboxylic acids is 1. The van der Waals surface area contributed by atoms with Gasteiger partial charge in [0.05, 0.1) is 0 Å². The number of hydrogen-bond acceptors (Lipinski definition) is 1. The van der Waals surface area contributed by atoms with Crippen LogP contribution in [0.3, 0.4) is 0 Å². The van der Waals surface area contributed by atoms with Crippen molar-refractivity contribution in [2.24, 2.45) is 5.92 Å². The molecule has 0 N–H and O–H groups in total. The van der Waals surface area contributed by atoms with Crippen molar-refractivity contribution in [2.75, 3.05) is 0 Å². The summed E-state index contributed by atoms with van der Waals surface area (Å²) < 4.78 is 2.33. The molecule has 0 radical (unpaired) electrons. The zero-order valence-electron chi connectivity index (χ0n) is 11.2. The van der Waals surface area contributed by atoms with Gasteiger partial charge in [0.25, 0.3) is 0 Å². The van der Waals surface area contributed by atoms with Gasteiger partial charge >= 0.3 is 0 Å². The fraction of sp³-hybridized carbons (Fsp3) is 0.667. The lowest BCUT2D eigenvalue weighted by Crippen LogP contribution is -2.16. The molecule has 0 saturated heterocycles. The van der Waals surface area contributed by atoms with Gasteiger partial charge in [-0.2, -0.15) is 0 Å². The van der Waals surface area contributed by atoms with Crippen LogP contribution in [0.2, 0.25) is 0 Å². The summed E-state index contributed by atoms with van der Waals surface area (Å²) in [5.74, 6) is 1.09. The van der Waals surface area contributed by atoms with Crippen molar-refractivity contribution < 1.29 is 4.79 Å². The highest BCUT2D eigenvalue weighted by molar-refractivity contribution is 5.98. The molecule has 2 heteroatoms. The monoisotopic (exact) mass is 233 g/mol. The fourth-order valence-corrected chi connectivity index (χ4v) is 2.82. The number of hydrogen-bond donors (Lipinski definition) is 0. The molecule has 1 aromatic heterocycles. The molecule has 1 aliphatic rings. The van der Waals surface area contributed by atoms with Gasteiger partial charge in [0, 0.05) is 29.9 Å². The summed E-state index contributed by atoms with van der Waals surface area (Å²) in [6.07, 6.45) is 7.36. The van der Waals surface area contributed by atoms with Crippen molar-refractivity contribution >= 4 is 5.78 Å². The Morgan fingerprint density at radius 2 is 2.12 bits per heavy atom. The number of rotatable bonds is 4. The zero-order valence-corrected chi connectivity index (χ0v) is 11.2. The highest BCUT2D eigenvalue weighted by atomic mass is 16.1. The Morgan fingerprint density at radius 3 is 2.82 bits per heavy atom. The molecule has 0 amide bonds. The van der Waals surface area contributed by atoms with Crippen LogP contribution in [0.4, 0.5) is 0 Å². The summed E-state index contributed by atoms with van der Waals surface area (Å²) in [6.45, 7) is 6.81. The number of carbonyl (C=O) groups is 1. The Morgan fingerprint density at radius 1 is 1.35 bits per heavy atom. The van der Waals surface area contributed by atoms with Crippen LogP contribution in [0, 0.1) is 5.92 Å². The van der Waals surface area contributed by atoms with Crippen LogP contribution in [-0.2, 0) is 6.42 Å². The molecule has 0 bridgehead atoms. The minimum Gasteiger partial charge on any atom is -0.348 e. The van der Waals surface area contributed by atoms with Crippen molar-refractivity contribution in [1.29, 1.82) is 0 Å². The first-order valence-electron chi connectivity index (χ1n) is 6.86. The van der Waals surface area contributed by atoms with Gasteiger partial charge in [0.1, 0.15) is 0 Å². The third-order valence-electron chi connectivity index (χ3n) is 4.06. The van der Waals surface area contributed by atoms with Crippen LogP contribution in [0.5, 0.6) is 0 Å². The molecule has 17 heavy (non-hydrogen) atoms. The summed E-state index contributed by atoms with van der Waals surface area (Å²) in [4.78, 5) is 11.8. The third kappa shape index (κ3) is 2.46. The van der Waals surface area contributed by atoms with E-state index < -0.39 is 0 Å². The van der Waals surface area contributed by atoms with Crippen LogP contribution in [-0.4, -0.2) is 10.4 Å². The predicted octanol–water partition coefficient (Wildman–Crippen LogP) is 4.00. The van der Waals surface area contributed by atoms with E-state index in [1.54, 1.807) is 0 Å². The van der Waals surface area contributed by atoms with Crippen molar-refractivity contribution in [1.82, 2.24) is 4.57 Å². The average Bonchev–Trinajstić information content (AvgIpc) is 2.74. The average molecular weight is 233 g/mol. The first kappa shape index (κ1) is 12.4. The zero-order chi connectivity index (χ0) is 12.4. The quantitative estimate of drug-likeness (QED) is 0.770. The number of ketones is 1. The van der Waals surface area contributed by atoms with E-state index in [-0.39, 0.29) is 0 Å². The minimum atomic E-state index is 0.334. The molecule has 0 saturated carbocycles. The molecule has 2 unspecified atom stereocenters. The van der Waals surface area contributed by atoms with E-state index in [1.165, 1.54) is 18.5 Å². The second-order valence-electron chi connectivity index (χ2n) is 5.46. The molecule has 2 atom stereocenters. The van der Waals surface area contributed by atoms with Gasteiger partial charge in [-0.1, -0.05) is 20.3 Å². The Hall–Kier alpha value is -1.05. The molecule has 0 aliphatic heterocycles. The van der Waals surface area contributed by atoms with Crippen LogP contribution in [0.1, 0.15) is 68.5 Å². The van der Waals surface area contributed by atoms with E-state index >= 15 is 0 Å². The smallest absolute Gasteiger partial charge is 0.164 e. The van der Waals surface area contributed by atoms with Gasteiger partial charge in [-0.25, -0.2) is 0 Å². The molecule has 94 valence electrons. The van der Waals surface area contributed by atoms with E-state index in [0.717, 1.165) is 30.7 Å². The van der Waals surface area contributed by atoms with E-state index in [4.69, 9.17) is 0 Å². The van der Waals surface area contributed by atoms with Crippen molar-refractivity contribution in [2.45, 2.75) is 58.9 Å². The Labute approximate surface area is 104 Å². The molecule has 2 nitrogen and oxygen atoms in total. The van der Waals surface area contributed by atoms with E-state index in [0.29, 0.717) is 11.8 Å². The van der Waals surface area contributed by atoms with Crippen molar-refractivity contribution in [3.05, 3.63) is 23.5 Å². The van der Waals surface area contributed by atoms with E-state index in [9.17, 15) is 4.79 Å². The van der Waals surface area contributed by atoms with E-state index in [2.05, 4.69) is 31.5 Å². The second kappa shape index (κ2) is 5.07. The topological polar surface area (TPSA) is 22.0 Å². The molecule has 0 fully saturated rings. The molecule has 1 aliphatic carbocycles. The van der Waals surface area contributed by atoms with Crippen LogP contribution in [0.25, 0.3) is 0 Å². The summed E-state index contributed by atoms with van der Waals surface area (Å²) >= 11 is 0. The number of aromatic nitrogens is 1. The molecule has 1 aromatic rings. The Bertz CT molecular complexity index is 405. The SMILES string of the molecule is CCC(C)CC(C)n1ccc2c1CCCC2=O. The summed E-state index contributed by atoms with van der Waals surface area (Å²) in [5.41, 5.74) is 2.25. The first-order valence-corrected chi connectivity index (χ1v) is 6.86. The maximum Gasteiger partial charge on any atom is 0.164 e. The summed E-state index contributed by atoms with van der Waals surface area (Å²) in [5, 5.41) is 0. The molecule has 0 aromatic carbocycles. The van der Waals surface area contributed by atoms with Crippen LogP contribution in [0.15, 0.2) is 12.3 Å². The van der Waals surface area contributed by atoms with Crippen molar-refractivity contribution in [3.8, 4) is 0 Å². The normalized spacial score (nSPS) is 18.9. The fourth-order valence-electron chi connectivity index (χ4n) is 2.82. The maximum absolute atomic E-state index is 11.8. The van der Waals surface area contributed by atoms with Gasteiger partial charge in [-0.3, -0.25) is 4.79 Å². The predicted molar refractivity (Wildman–Crippen MR) is 70.5 cm³/mol.